The quantitative estimate of drug-likeness (QED) is 0.796. The molecule has 0 aliphatic heterocycles. The van der Waals surface area contributed by atoms with Gasteiger partial charge in [-0.2, -0.15) is 0 Å². The number of anilines is 1. The summed E-state index contributed by atoms with van der Waals surface area (Å²) >= 11 is 0. The molecule has 0 saturated carbocycles. The molecule has 1 heterocycles. The van der Waals surface area contributed by atoms with Gasteiger partial charge < -0.3 is 15.6 Å². The van der Waals surface area contributed by atoms with Crippen molar-refractivity contribution < 1.29 is 14.6 Å². The van der Waals surface area contributed by atoms with E-state index in [4.69, 9.17) is 15.6 Å². The second kappa shape index (κ2) is 5.34. The van der Waals surface area contributed by atoms with Crippen molar-refractivity contribution in [3.63, 3.8) is 0 Å². The molecule has 1 aromatic heterocycles. The van der Waals surface area contributed by atoms with Crippen LogP contribution < -0.4 is 10.5 Å². The fraction of sp³-hybridized carbons (Fsp3) is 0.455. The highest BCUT2D eigenvalue weighted by molar-refractivity contribution is 5.91. The number of hydrogen-bond acceptors (Lipinski definition) is 4. The van der Waals surface area contributed by atoms with Crippen molar-refractivity contribution in [2.75, 3.05) is 12.3 Å². The van der Waals surface area contributed by atoms with Crippen LogP contribution in [0.3, 0.4) is 0 Å². The molecule has 0 unspecified atom stereocenters. The Hall–Kier alpha value is -1.78. The minimum atomic E-state index is -1.08. The smallest absolute Gasteiger partial charge is 0.341 e. The highest BCUT2D eigenvalue weighted by Gasteiger charge is 2.13. The summed E-state index contributed by atoms with van der Waals surface area (Å²) in [5.41, 5.74) is 5.78. The molecule has 1 rings (SSSR count). The molecule has 0 radical (unpaired) electrons. The first-order chi connectivity index (χ1) is 7.50. The molecular weight excluding hydrogens is 208 g/mol. The molecule has 0 aliphatic rings. The normalized spacial score (nSPS) is 10.4. The molecule has 0 aromatic carbocycles. The molecular formula is C11H16N2O3. The SMILES string of the molecule is CC(C)CCOc1ncc(N)cc1C(=O)O. The second-order valence-electron chi connectivity index (χ2n) is 3.96. The van der Waals surface area contributed by atoms with Gasteiger partial charge in [-0.25, -0.2) is 9.78 Å². The maximum atomic E-state index is 10.9. The topological polar surface area (TPSA) is 85.4 Å². The van der Waals surface area contributed by atoms with Crippen molar-refractivity contribution >= 4 is 11.7 Å². The molecule has 0 spiro atoms. The van der Waals surface area contributed by atoms with Gasteiger partial charge in [-0.15, -0.1) is 0 Å². The Morgan fingerprint density at radius 3 is 2.88 bits per heavy atom. The van der Waals surface area contributed by atoms with Crippen LogP contribution in [0.4, 0.5) is 5.69 Å². The number of hydrogen-bond donors (Lipinski definition) is 2. The van der Waals surface area contributed by atoms with Crippen LogP contribution in [0.1, 0.15) is 30.6 Å². The van der Waals surface area contributed by atoms with Crippen molar-refractivity contribution in [2.24, 2.45) is 5.92 Å². The minimum absolute atomic E-state index is 0.00348. The van der Waals surface area contributed by atoms with Crippen LogP contribution in [0.25, 0.3) is 0 Å². The molecule has 0 bridgehead atoms. The van der Waals surface area contributed by atoms with E-state index in [0.717, 1.165) is 6.42 Å². The van der Waals surface area contributed by atoms with Gasteiger partial charge in [0.25, 0.3) is 0 Å². The largest absolute Gasteiger partial charge is 0.477 e. The number of carbonyl (C=O) groups is 1. The van der Waals surface area contributed by atoms with Crippen molar-refractivity contribution in [1.29, 1.82) is 0 Å². The minimum Gasteiger partial charge on any atom is -0.477 e. The van der Waals surface area contributed by atoms with Crippen LogP contribution in [-0.4, -0.2) is 22.7 Å². The van der Waals surface area contributed by atoms with Gasteiger partial charge in [-0.05, 0) is 18.4 Å². The molecule has 5 heteroatoms. The van der Waals surface area contributed by atoms with Crippen molar-refractivity contribution in [2.45, 2.75) is 20.3 Å². The van der Waals surface area contributed by atoms with Crippen LogP contribution in [-0.2, 0) is 0 Å². The van der Waals surface area contributed by atoms with E-state index in [1.807, 2.05) is 0 Å². The van der Waals surface area contributed by atoms with Gasteiger partial charge in [-0.3, -0.25) is 0 Å². The molecule has 0 saturated heterocycles. The maximum Gasteiger partial charge on any atom is 0.341 e. The van der Waals surface area contributed by atoms with Crippen LogP contribution in [0.2, 0.25) is 0 Å². The Morgan fingerprint density at radius 2 is 2.31 bits per heavy atom. The summed E-state index contributed by atoms with van der Waals surface area (Å²) in [7, 11) is 0. The van der Waals surface area contributed by atoms with E-state index in [0.29, 0.717) is 18.2 Å². The third-order valence-electron chi connectivity index (χ3n) is 2.04. The number of nitrogen functional groups attached to an aromatic ring is 1. The van der Waals surface area contributed by atoms with Gasteiger partial charge >= 0.3 is 5.97 Å². The Labute approximate surface area is 94.2 Å². The predicted molar refractivity (Wildman–Crippen MR) is 60.6 cm³/mol. The molecule has 0 fully saturated rings. The van der Waals surface area contributed by atoms with Crippen LogP contribution in [0.5, 0.6) is 5.88 Å². The maximum absolute atomic E-state index is 10.9. The number of nitrogens with zero attached hydrogens (tertiary/aromatic N) is 1. The Kier molecular flexibility index (Phi) is 4.10. The third kappa shape index (κ3) is 3.42. The fourth-order valence-electron chi connectivity index (χ4n) is 1.13. The molecule has 5 nitrogen and oxygen atoms in total. The van der Waals surface area contributed by atoms with Crippen molar-refractivity contribution in [3.8, 4) is 5.88 Å². The number of carboxylic acid groups (broad SMARTS) is 1. The molecule has 3 N–H and O–H groups in total. The monoisotopic (exact) mass is 224 g/mol. The molecule has 16 heavy (non-hydrogen) atoms. The average Bonchev–Trinajstić information content (AvgIpc) is 2.19. The standard InChI is InChI=1S/C11H16N2O3/c1-7(2)3-4-16-10-9(11(14)15)5-8(12)6-13-10/h5-7H,3-4,12H2,1-2H3,(H,14,15). The predicted octanol–water partition coefficient (Wildman–Crippen LogP) is 1.79. The van der Waals surface area contributed by atoms with E-state index in [1.54, 1.807) is 0 Å². The average molecular weight is 224 g/mol. The molecule has 88 valence electrons. The first kappa shape index (κ1) is 12.3. The third-order valence-corrected chi connectivity index (χ3v) is 2.04. The zero-order valence-electron chi connectivity index (χ0n) is 9.43. The van der Waals surface area contributed by atoms with E-state index in [-0.39, 0.29) is 11.4 Å². The van der Waals surface area contributed by atoms with Gasteiger partial charge in [0.15, 0.2) is 0 Å². The Morgan fingerprint density at radius 1 is 1.62 bits per heavy atom. The first-order valence-corrected chi connectivity index (χ1v) is 5.12. The highest BCUT2D eigenvalue weighted by atomic mass is 16.5. The van der Waals surface area contributed by atoms with Crippen molar-refractivity contribution in [1.82, 2.24) is 4.98 Å². The zero-order chi connectivity index (χ0) is 12.1. The van der Waals surface area contributed by atoms with Gasteiger partial charge in [0.1, 0.15) is 5.56 Å². The summed E-state index contributed by atoms with van der Waals surface area (Å²) in [5, 5.41) is 8.92. The molecule has 1 aromatic rings. The fourth-order valence-corrected chi connectivity index (χ4v) is 1.13. The lowest BCUT2D eigenvalue weighted by Crippen LogP contribution is -2.08. The highest BCUT2D eigenvalue weighted by Crippen LogP contribution is 2.18. The second-order valence-corrected chi connectivity index (χ2v) is 3.96. The van der Waals surface area contributed by atoms with E-state index >= 15 is 0 Å². The Balaban J connectivity index is 2.75. The summed E-state index contributed by atoms with van der Waals surface area (Å²) in [4.78, 5) is 14.8. The summed E-state index contributed by atoms with van der Waals surface area (Å²) < 4.78 is 5.32. The van der Waals surface area contributed by atoms with Gasteiger partial charge in [0.05, 0.1) is 18.5 Å². The van der Waals surface area contributed by atoms with E-state index in [9.17, 15) is 4.79 Å². The van der Waals surface area contributed by atoms with Crippen molar-refractivity contribution in [3.05, 3.63) is 17.8 Å². The molecule has 0 aliphatic carbocycles. The van der Waals surface area contributed by atoms with Gasteiger partial charge in [0.2, 0.25) is 5.88 Å². The number of pyridine rings is 1. The van der Waals surface area contributed by atoms with E-state index in [2.05, 4.69) is 18.8 Å². The lowest BCUT2D eigenvalue weighted by atomic mass is 10.1. The van der Waals surface area contributed by atoms with E-state index < -0.39 is 5.97 Å². The number of aromatic carboxylic acids is 1. The number of aromatic nitrogens is 1. The van der Waals surface area contributed by atoms with E-state index in [1.165, 1.54) is 12.3 Å². The lowest BCUT2D eigenvalue weighted by molar-refractivity contribution is 0.0691. The summed E-state index contributed by atoms with van der Waals surface area (Å²) in [6.07, 6.45) is 2.24. The number of carboxylic acids is 1. The first-order valence-electron chi connectivity index (χ1n) is 5.12. The van der Waals surface area contributed by atoms with Gasteiger partial charge in [0, 0.05) is 0 Å². The number of rotatable bonds is 5. The number of nitrogens with two attached hydrogens (primary N) is 1. The van der Waals surface area contributed by atoms with Crippen LogP contribution >= 0.6 is 0 Å². The van der Waals surface area contributed by atoms with Crippen LogP contribution in [0, 0.1) is 5.92 Å². The summed E-state index contributed by atoms with van der Waals surface area (Å²) in [6.45, 7) is 4.59. The lowest BCUT2D eigenvalue weighted by Gasteiger charge is -2.09. The zero-order valence-corrected chi connectivity index (χ0v) is 9.43. The molecule has 0 atom stereocenters. The number of ether oxygens (including phenoxy) is 1. The molecule has 0 amide bonds. The Bertz CT molecular complexity index is 377. The van der Waals surface area contributed by atoms with Gasteiger partial charge in [-0.1, -0.05) is 13.8 Å². The summed E-state index contributed by atoms with van der Waals surface area (Å²) in [5.74, 6) is -0.455. The summed E-state index contributed by atoms with van der Waals surface area (Å²) in [6, 6.07) is 1.35. The van der Waals surface area contributed by atoms with Crippen LogP contribution in [0.15, 0.2) is 12.3 Å².